The minimum Gasteiger partial charge on any atom is -0.353 e. The third-order valence-electron chi connectivity index (χ3n) is 6.03. The average molecular weight is 433 g/mol. The number of hydrogen-bond donors (Lipinski definition) is 0. The Bertz CT molecular complexity index is 1080. The van der Waals surface area contributed by atoms with Gasteiger partial charge in [-0.2, -0.15) is 0 Å². The van der Waals surface area contributed by atoms with Crippen molar-refractivity contribution in [3.63, 3.8) is 0 Å². The van der Waals surface area contributed by atoms with E-state index in [1.54, 1.807) is 6.07 Å². The predicted octanol–water partition coefficient (Wildman–Crippen LogP) is 4.43. The molecule has 0 saturated carbocycles. The Labute approximate surface area is 188 Å². The van der Waals surface area contributed by atoms with Crippen LogP contribution in [-0.2, 0) is 17.6 Å². The number of benzene rings is 2. The molecular weight excluding hydrogens is 403 g/mol. The second-order valence-corrected chi connectivity index (χ2v) is 8.15. The number of rotatable bonds is 6. The molecule has 2 aromatic carbocycles. The summed E-state index contributed by atoms with van der Waals surface area (Å²) < 4.78 is 13.7. The lowest BCUT2D eigenvalue weighted by atomic mass is 10.1. The molecule has 4 rings (SSSR count). The monoisotopic (exact) mass is 432 g/mol. The van der Waals surface area contributed by atoms with Gasteiger partial charge in [-0.05, 0) is 37.5 Å². The number of halogens is 1. The van der Waals surface area contributed by atoms with Crippen molar-refractivity contribution in [3.05, 3.63) is 77.2 Å². The summed E-state index contributed by atoms with van der Waals surface area (Å²) in [6.07, 6.45) is 2.11. The molecule has 1 fully saturated rings. The van der Waals surface area contributed by atoms with Crippen LogP contribution in [0.1, 0.15) is 30.2 Å². The summed E-state index contributed by atoms with van der Waals surface area (Å²) in [4.78, 5) is 26.4. The van der Waals surface area contributed by atoms with Crippen molar-refractivity contribution in [2.75, 3.05) is 31.1 Å². The van der Waals surface area contributed by atoms with Gasteiger partial charge in [0.1, 0.15) is 11.6 Å². The zero-order valence-electron chi connectivity index (χ0n) is 18.7. The average Bonchev–Trinajstić information content (AvgIpc) is 2.83. The van der Waals surface area contributed by atoms with Crippen molar-refractivity contribution in [2.45, 2.75) is 33.1 Å². The van der Waals surface area contributed by atoms with Crippen LogP contribution >= 0.6 is 0 Å². The highest BCUT2D eigenvalue weighted by Gasteiger charge is 2.24. The maximum Gasteiger partial charge on any atom is 0.223 e. The van der Waals surface area contributed by atoms with E-state index in [1.165, 1.54) is 17.7 Å². The highest BCUT2D eigenvalue weighted by atomic mass is 19.1. The largest absolute Gasteiger partial charge is 0.353 e. The molecule has 0 bridgehead atoms. The molecule has 0 N–H and O–H groups in total. The molecule has 1 aliphatic rings. The molecule has 1 aliphatic heterocycles. The molecule has 2 heterocycles. The van der Waals surface area contributed by atoms with Crippen LogP contribution in [0.2, 0.25) is 0 Å². The van der Waals surface area contributed by atoms with E-state index in [1.807, 2.05) is 36.1 Å². The molecule has 1 aromatic heterocycles. The number of amides is 1. The van der Waals surface area contributed by atoms with E-state index in [4.69, 9.17) is 4.98 Å². The molecule has 0 radical (unpaired) electrons. The maximum atomic E-state index is 13.7. The van der Waals surface area contributed by atoms with Crippen molar-refractivity contribution in [1.29, 1.82) is 0 Å². The van der Waals surface area contributed by atoms with E-state index < -0.39 is 0 Å². The fourth-order valence-electron chi connectivity index (χ4n) is 4.23. The van der Waals surface area contributed by atoms with Crippen LogP contribution in [0, 0.1) is 12.7 Å². The van der Waals surface area contributed by atoms with Gasteiger partial charge in [0, 0.05) is 49.4 Å². The Morgan fingerprint density at radius 2 is 1.75 bits per heavy atom. The minimum atomic E-state index is -0.299. The molecule has 0 atom stereocenters. The van der Waals surface area contributed by atoms with Crippen LogP contribution in [0.15, 0.2) is 54.6 Å². The van der Waals surface area contributed by atoms with Gasteiger partial charge < -0.3 is 9.80 Å². The van der Waals surface area contributed by atoms with Gasteiger partial charge >= 0.3 is 0 Å². The van der Waals surface area contributed by atoms with E-state index in [9.17, 15) is 9.18 Å². The standard InChI is InChI=1S/C26H29FN4O/c1-3-23-19(2)28-25(21-10-7-11-22(27)18-21)29-26(23)31-16-14-30(15-17-31)24(32)13-12-20-8-5-4-6-9-20/h4-11,18H,3,12-17H2,1-2H3. The molecule has 0 spiro atoms. The smallest absolute Gasteiger partial charge is 0.223 e. The Hall–Kier alpha value is -3.28. The molecule has 3 aromatic rings. The van der Waals surface area contributed by atoms with Crippen molar-refractivity contribution >= 4 is 11.7 Å². The van der Waals surface area contributed by atoms with Crippen molar-refractivity contribution < 1.29 is 9.18 Å². The predicted molar refractivity (Wildman–Crippen MR) is 125 cm³/mol. The number of aryl methyl sites for hydroxylation is 2. The zero-order chi connectivity index (χ0) is 22.5. The number of hydrogen-bond acceptors (Lipinski definition) is 4. The first kappa shape index (κ1) is 21.9. The van der Waals surface area contributed by atoms with E-state index in [0.717, 1.165) is 43.0 Å². The summed E-state index contributed by atoms with van der Waals surface area (Å²) >= 11 is 0. The van der Waals surface area contributed by atoms with Crippen molar-refractivity contribution in [2.24, 2.45) is 0 Å². The van der Waals surface area contributed by atoms with Gasteiger partial charge in [0.15, 0.2) is 5.82 Å². The Morgan fingerprint density at radius 1 is 1.00 bits per heavy atom. The molecule has 1 saturated heterocycles. The van der Waals surface area contributed by atoms with Crippen LogP contribution in [-0.4, -0.2) is 47.0 Å². The van der Waals surface area contributed by atoms with Crippen LogP contribution in [0.3, 0.4) is 0 Å². The summed E-state index contributed by atoms with van der Waals surface area (Å²) in [7, 11) is 0. The Kier molecular flexibility index (Phi) is 6.78. The third kappa shape index (κ3) is 4.96. The van der Waals surface area contributed by atoms with Crippen molar-refractivity contribution in [1.82, 2.24) is 14.9 Å². The number of piperazine rings is 1. The Morgan fingerprint density at radius 3 is 2.44 bits per heavy atom. The summed E-state index contributed by atoms with van der Waals surface area (Å²) in [6, 6.07) is 16.5. The highest BCUT2D eigenvalue weighted by molar-refractivity contribution is 5.77. The minimum absolute atomic E-state index is 0.198. The molecule has 32 heavy (non-hydrogen) atoms. The quantitative estimate of drug-likeness (QED) is 0.578. The lowest BCUT2D eigenvalue weighted by molar-refractivity contribution is -0.131. The molecule has 0 aliphatic carbocycles. The van der Waals surface area contributed by atoms with Gasteiger partial charge in [0.05, 0.1) is 0 Å². The fraction of sp³-hybridized carbons (Fsp3) is 0.346. The van der Waals surface area contributed by atoms with Crippen LogP contribution < -0.4 is 4.90 Å². The van der Waals surface area contributed by atoms with Gasteiger partial charge in [-0.1, -0.05) is 49.4 Å². The highest BCUT2D eigenvalue weighted by Crippen LogP contribution is 2.27. The van der Waals surface area contributed by atoms with Crippen LogP contribution in [0.25, 0.3) is 11.4 Å². The second kappa shape index (κ2) is 9.90. The van der Waals surface area contributed by atoms with Crippen LogP contribution in [0.4, 0.5) is 10.2 Å². The first-order valence-electron chi connectivity index (χ1n) is 11.2. The molecule has 0 unspecified atom stereocenters. The lowest BCUT2D eigenvalue weighted by Gasteiger charge is -2.36. The topological polar surface area (TPSA) is 49.3 Å². The van der Waals surface area contributed by atoms with E-state index in [-0.39, 0.29) is 11.7 Å². The number of carbonyl (C=O) groups is 1. The SMILES string of the molecule is CCc1c(C)nc(-c2cccc(F)c2)nc1N1CCN(C(=O)CCc2ccccc2)CC1. The second-order valence-electron chi connectivity index (χ2n) is 8.15. The summed E-state index contributed by atoms with van der Waals surface area (Å²) in [5.74, 6) is 1.34. The number of carbonyl (C=O) groups excluding carboxylic acids is 1. The van der Waals surface area contributed by atoms with E-state index >= 15 is 0 Å². The van der Waals surface area contributed by atoms with Gasteiger partial charge in [0.2, 0.25) is 5.91 Å². The zero-order valence-corrected chi connectivity index (χ0v) is 18.7. The Balaban J connectivity index is 1.46. The van der Waals surface area contributed by atoms with Gasteiger partial charge in [0.25, 0.3) is 0 Å². The van der Waals surface area contributed by atoms with Gasteiger partial charge in [-0.3, -0.25) is 4.79 Å². The molecule has 5 nitrogen and oxygen atoms in total. The van der Waals surface area contributed by atoms with E-state index in [2.05, 4.69) is 28.9 Å². The summed E-state index contributed by atoms with van der Waals surface area (Å²) in [5, 5.41) is 0. The number of nitrogens with zero attached hydrogens (tertiary/aromatic N) is 4. The first-order valence-corrected chi connectivity index (χ1v) is 11.2. The van der Waals surface area contributed by atoms with Gasteiger partial charge in [-0.15, -0.1) is 0 Å². The molecular formula is C26H29FN4O. The third-order valence-corrected chi connectivity index (χ3v) is 6.03. The molecule has 6 heteroatoms. The molecule has 166 valence electrons. The summed E-state index contributed by atoms with van der Waals surface area (Å²) in [5.41, 5.74) is 3.88. The number of anilines is 1. The fourth-order valence-corrected chi connectivity index (χ4v) is 4.23. The normalized spacial score (nSPS) is 14.0. The van der Waals surface area contributed by atoms with Gasteiger partial charge in [-0.25, -0.2) is 14.4 Å². The van der Waals surface area contributed by atoms with Crippen molar-refractivity contribution in [3.8, 4) is 11.4 Å². The first-order chi connectivity index (χ1) is 15.5. The maximum absolute atomic E-state index is 13.7. The van der Waals surface area contributed by atoms with Crippen LogP contribution in [0.5, 0.6) is 0 Å². The van der Waals surface area contributed by atoms with E-state index in [0.29, 0.717) is 30.9 Å². The number of aromatic nitrogens is 2. The lowest BCUT2D eigenvalue weighted by Crippen LogP contribution is -2.49. The summed E-state index contributed by atoms with van der Waals surface area (Å²) in [6.45, 7) is 6.88. The molecule has 1 amide bonds.